The van der Waals surface area contributed by atoms with E-state index in [0.29, 0.717) is 5.54 Å². The maximum absolute atomic E-state index is 5.92. The van der Waals surface area contributed by atoms with Crippen molar-refractivity contribution in [2.45, 2.75) is 51.1 Å². The molecule has 1 saturated carbocycles. The third-order valence-corrected chi connectivity index (χ3v) is 5.07. The summed E-state index contributed by atoms with van der Waals surface area (Å²) in [5, 5.41) is 0. The van der Waals surface area contributed by atoms with E-state index in [4.69, 9.17) is 5.73 Å². The molecule has 1 unspecified atom stereocenters. The lowest BCUT2D eigenvalue weighted by molar-refractivity contribution is 0.0683. The van der Waals surface area contributed by atoms with Crippen LogP contribution in [0.4, 0.5) is 5.69 Å². The number of anilines is 1. The number of nitrogens with two attached hydrogens (primary N) is 1. The molecule has 21 heavy (non-hydrogen) atoms. The van der Waals surface area contributed by atoms with Crippen molar-refractivity contribution in [1.82, 2.24) is 4.90 Å². The third-order valence-electron chi connectivity index (χ3n) is 5.07. The van der Waals surface area contributed by atoms with Crippen LogP contribution in [0.15, 0.2) is 18.2 Å². The lowest BCUT2D eigenvalue weighted by atomic mass is 9.75. The van der Waals surface area contributed by atoms with Gasteiger partial charge in [0.25, 0.3) is 0 Å². The van der Waals surface area contributed by atoms with Crippen LogP contribution in [0.3, 0.4) is 0 Å². The predicted molar refractivity (Wildman–Crippen MR) is 92.1 cm³/mol. The first kappa shape index (κ1) is 16.3. The molecule has 0 spiro atoms. The largest absolute Gasteiger partial charge is 0.373 e. The highest BCUT2D eigenvalue weighted by molar-refractivity contribution is 5.51. The topological polar surface area (TPSA) is 32.5 Å². The van der Waals surface area contributed by atoms with E-state index < -0.39 is 0 Å². The highest BCUT2D eigenvalue weighted by atomic mass is 15.2. The van der Waals surface area contributed by atoms with Crippen molar-refractivity contribution in [1.29, 1.82) is 0 Å². The minimum absolute atomic E-state index is 0.222. The highest BCUT2D eigenvalue weighted by Gasteiger charge is 2.39. The van der Waals surface area contributed by atoms with Crippen molar-refractivity contribution in [3.63, 3.8) is 0 Å². The van der Waals surface area contributed by atoms with Gasteiger partial charge in [0.1, 0.15) is 0 Å². The second kappa shape index (κ2) is 6.37. The molecule has 1 aromatic rings. The molecule has 1 fully saturated rings. The van der Waals surface area contributed by atoms with E-state index in [1.165, 1.54) is 36.1 Å². The summed E-state index contributed by atoms with van der Waals surface area (Å²) in [6.45, 7) is 5.36. The van der Waals surface area contributed by atoms with Gasteiger partial charge in [-0.15, -0.1) is 0 Å². The van der Waals surface area contributed by atoms with Crippen LogP contribution in [0, 0.1) is 6.92 Å². The molecule has 118 valence electrons. The van der Waals surface area contributed by atoms with Crippen LogP contribution in [0.5, 0.6) is 0 Å². The molecule has 1 aromatic carbocycles. The molecule has 0 aromatic heterocycles. The smallest absolute Gasteiger partial charge is 0.0378 e. The van der Waals surface area contributed by atoms with Gasteiger partial charge < -0.3 is 15.5 Å². The van der Waals surface area contributed by atoms with Crippen molar-refractivity contribution in [3.8, 4) is 0 Å². The number of likely N-dealkylation sites (N-methyl/N-ethyl adjacent to an activating group) is 2. The van der Waals surface area contributed by atoms with E-state index in [2.05, 4.69) is 63.0 Å². The van der Waals surface area contributed by atoms with Crippen molar-refractivity contribution in [2.75, 3.05) is 32.6 Å². The Bertz CT molecular complexity index is 475. The van der Waals surface area contributed by atoms with E-state index in [1.54, 1.807) is 0 Å². The zero-order valence-corrected chi connectivity index (χ0v) is 14.3. The maximum Gasteiger partial charge on any atom is 0.0378 e. The summed E-state index contributed by atoms with van der Waals surface area (Å²) in [7, 11) is 6.64. The summed E-state index contributed by atoms with van der Waals surface area (Å²) in [4.78, 5) is 4.81. The third kappa shape index (κ3) is 3.58. The Morgan fingerprint density at radius 2 is 1.90 bits per heavy atom. The first-order valence-electron chi connectivity index (χ1n) is 8.08. The number of rotatable bonds is 6. The van der Waals surface area contributed by atoms with Gasteiger partial charge >= 0.3 is 0 Å². The second-order valence-electron chi connectivity index (χ2n) is 7.12. The van der Waals surface area contributed by atoms with E-state index in [-0.39, 0.29) is 6.04 Å². The molecular weight excluding hydrogens is 258 g/mol. The monoisotopic (exact) mass is 289 g/mol. The molecule has 2 N–H and O–H groups in total. The summed E-state index contributed by atoms with van der Waals surface area (Å²) >= 11 is 0. The molecule has 1 aliphatic carbocycles. The first-order valence-corrected chi connectivity index (χ1v) is 8.08. The number of nitrogens with zero attached hydrogens (tertiary/aromatic N) is 2. The van der Waals surface area contributed by atoms with E-state index in [0.717, 1.165) is 13.0 Å². The summed E-state index contributed by atoms with van der Waals surface area (Å²) in [6, 6.07) is 7.01. The predicted octanol–water partition coefficient (Wildman–Crippen LogP) is 2.81. The number of hydrogen-bond acceptors (Lipinski definition) is 3. The Morgan fingerprint density at radius 3 is 2.33 bits per heavy atom. The Morgan fingerprint density at radius 1 is 1.24 bits per heavy atom. The molecule has 3 nitrogen and oxygen atoms in total. The number of hydrogen-bond donors (Lipinski definition) is 1. The minimum Gasteiger partial charge on any atom is -0.373 e. The SMILES string of the molecule is Cc1cc(N(C)CC2(N(C)C)CCC2)ccc1CC(C)N. The van der Waals surface area contributed by atoms with Crippen LogP contribution in [0.2, 0.25) is 0 Å². The molecule has 0 saturated heterocycles. The van der Waals surface area contributed by atoms with Gasteiger partial charge in [0, 0.05) is 30.9 Å². The molecule has 1 atom stereocenters. The molecule has 0 heterocycles. The van der Waals surface area contributed by atoms with Gasteiger partial charge in [0.15, 0.2) is 0 Å². The van der Waals surface area contributed by atoms with E-state index in [9.17, 15) is 0 Å². The van der Waals surface area contributed by atoms with Crippen molar-refractivity contribution < 1.29 is 0 Å². The van der Waals surface area contributed by atoms with Gasteiger partial charge in [0.05, 0.1) is 0 Å². The zero-order chi connectivity index (χ0) is 15.6. The Kier molecular flexibility index (Phi) is 4.95. The normalized spacial score (nSPS) is 18.4. The van der Waals surface area contributed by atoms with Crippen molar-refractivity contribution in [3.05, 3.63) is 29.3 Å². The Labute approximate surface area is 130 Å². The molecule has 0 bridgehead atoms. The second-order valence-corrected chi connectivity index (χ2v) is 7.12. The summed E-state index contributed by atoms with van der Waals surface area (Å²) < 4.78 is 0. The van der Waals surface area contributed by atoms with Gasteiger partial charge in [-0.25, -0.2) is 0 Å². The minimum atomic E-state index is 0.222. The molecular formula is C18H31N3. The zero-order valence-electron chi connectivity index (χ0n) is 14.3. The molecule has 3 heteroatoms. The molecule has 0 radical (unpaired) electrons. The van der Waals surface area contributed by atoms with Gasteiger partial charge in [-0.05, 0) is 76.9 Å². The Hall–Kier alpha value is -1.06. The van der Waals surface area contributed by atoms with Crippen LogP contribution in [-0.2, 0) is 6.42 Å². The van der Waals surface area contributed by atoms with Crippen LogP contribution < -0.4 is 10.6 Å². The maximum atomic E-state index is 5.92. The van der Waals surface area contributed by atoms with Gasteiger partial charge in [-0.2, -0.15) is 0 Å². The molecule has 1 aliphatic rings. The summed E-state index contributed by atoms with van der Waals surface area (Å²) in [6.07, 6.45) is 4.94. The fourth-order valence-electron chi connectivity index (χ4n) is 3.36. The van der Waals surface area contributed by atoms with Gasteiger partial charge in [0.2, 0.25) is 0 Å². The van der Waals surface area contributed by atoms with E-state index in [1.807, 2.05) is 0 Å². The summed E-state index contributed by atoms with van der Waals surface area (Å²) in [5.74, 6) is 0. The Balaban J connectivity index is 2.09. The quantitative estimate of drug-likeness (QED) is 0.874. The number of benzene rings is 1. The fourth-order valence-corrected chi connectivity index (χ4v) is 3.36. The molecule has 0 amide bonds. The van der Waals surface area contributed by atoms with Crippen molar-refractivity contribution >= 4 is 5.69 Å². The van der Waals surface area contributed by atoms with Crippen LogP contribution in [-0.4, -0.2) is 44.2 Å². The van der Waals surface area contributed by atoms with Gasteiger partial charge in [-0.3, -0.25) is 0 Å². The van der Waals surface area contributed by atoms with Crippen LogP contribution in [0.1, 0.15) is 37.3 Å². The standard InChI is InChI=1S/C18H31N3/c1-14-11-17(8-7-16(14)12-15(2)19)21(5)13-18(20(3)4)9-6-10-18/h7-8,11,15H,6,9-10,12-13,19H2,1-5H3. The average molecular weight is 289 g/mol. The molecule has 2 rings (SSSR count). The number of aryl methyl sites for hydroxylation is 1. The highest BCUT2D eigenvalue weighted by Crippen LogP contribution is 2.37. The average Bonchev–Trinajstić information content (AvgIpc) is 2.35. The summed E-state index contributed by atoms with van der Waals surface area (Å²) in [5.41, 5.74) is 10.3. The lowest BCUT2D eigenvalue weighted by Crippen LogP contribution is -2.56. The van der Waals surface area contributed by atoms with Crippen molar-refractivity contribution in [2.24, 2.45) is 5.73 Å². The lowest BCUT2D eigenvalue weighted by Gasteiger charge is -2.49. The van der Waals surface area contributed by atoms with E-state index >= 15 is 0 Å². The van der Waals surface area contributed by atoms with Crippen LogP contribution >= 0.6 is 0 Å². The van der Waals surface area contributed by atoms with Gasteiger partial charge in [-0.1, -0.05) is 6.07 Å². The first-order chi connectivity index (χ1) is 9.84. The fraction of sp³-hybridized carbons (Fsp3) is 0.667. The molecule has 0 aliphatic heterocycles. The van der Waals surface area contributed by atoms with Crippen LogP contribution in [0.25, 0.3) is 0 Å².